The van der Waals surface area contributed by atoms with Gasteiger partial charge in [0.2, 0.25) is 5.13 Å². The number of hydrogen-bond donors (Lipinski definition) is 2. The molecule has 34 heavy (non-hydrogen) atoms. The van der Waals surface area contributed by atoms with E-state index in [-0.39, 0.29) is 10.0 Å². The number of aryl methyl sites for hydroxylation is 1. The minimum atomic E-state index is -3.78. The lowest BCUT2D eigenvalue weighted by Crippen LogP contribution is -2.12. The molecule has 2 N–H and O–H groups in total. The number of nitriles is 1. The quantitative estimate of drug-likeness (QED) is 0.257. The van der Waals surface area contributed by atoms with E-state index in [0.29, 0.717) is 22.7 Å². The summed E-state index contributed by atoms with van der Waals surface area (Å²) in [6.07, 6.45) is 2.24. The topological polar surface area (TPSA) is 121 Å². The number of benzene rings is 2. The number of sulfonamides is 1. The zero-order chi connectivity index (χ0) is 24.1. The highest BCUT2D eigenvalue weighted by molar-refractivity contribution is 9.10. The summed E-state index contributed by atoms with van der Waals surface area (Å²) < 4.78 is 28.6. The number of allylic oxidation sites excluding steroid dienone is 1. The number of hydrogen-bond acceptors (Lipinski definition) is 9. The normalized spacial score (nSPS) is 11.7. The summed E-state index contributed by atoms with van der Waals surface area (Å²) in [6.45, 7) is 1.92. The fraction of sp³-hybridized carbons (Fsp3) is 0.0909. The van der Waals surface area contributed by atoms with Crippen molar-refractivity contribution in [3.05, 3.63) is 74.6 Å². The van der Waals surface area contributed by atoms with Crippen molar-refractivity contribution in [2.24, 2.45) is 0 Å². The average Bonchev–Trinajstić information content (AvgIpc) is 3.50. The Morgan fingerprint density at radius 2 is 1.88 bits per heavy atom. The lowest BCUT2D eigenvalue weighted by Gasteiger charge is -2.06. The Kier molecular flexibility index (Phi) is 7.38. The Hall–Kier alpha value is -3.11. The molecule has 0 atom stereocenters. The van der Waals surface area contributed by atoms with Crippen LogP contribution in [0, 0.1) is 11.3 Å². The summed E-state index contributed by atoms with van der Waals surface area (Å²) in [5.41, 5.74) is 2.74. The summed E-state index contributed by atoms with van der Waals surface area (Å²) in [5, 5.41) is 23.8. The van der Waals surface area contributed by atoms with E-state index in [9.17, 15) is 13.7 Å². The third-order valence-corrected chi connectivity index (χ3v) is 8.41. The van der Waals surface area contributed by atoms with Crippen LogP contribution in [0.5, 0.6) is 0 Å². The van der Waals surface area contributed by atoms with Crippen LogP contribution in [-0.2, 0) is 16.4 Å². The predicted octanol–water partition coefficient (Wildman–Crippen LogP) is 5.76. The first-order valence-electron chi connectivity index (χ1n) is 9.92. The van der Waals surface area contributed by atoms with Gasteiger partial charge in [-0.3, -0.25) is 4.72 Å². The molecule has 0 saturated heterocycles. The van der Waals surface area contributed by atoms with Crippen molar-refractivity contribution in [3.8, 4) is 17.3 Å². The van der Waals surface area contributed by atoms with Crippen LogP contribution in [0.15, 0.2) is 69.5 Å². The van der Waals surface area contributed by atoms with Crippen LogP contribution in [0.2, 0.25) is 0 Å². The van der Waals surface area contributed by atoms with Gasteiger partial charge in [-0.05, 0) is 42.8 Å². The molecule has 0 amide bonds. The van der Waals surface area contributed by atoms with Gasteiger partial charge in [-0.15, -0.1) is 21.5 Å². The van der Waals surface area contributed by atoms with Crippen molar-refractivity contribution in [2.45, 2.75) is 18.2 Å². The summed E-state index contributed by atoms with van der Waals surface area (Å²) >= 11 is 5.99. The summed E-state index contributed by atoms with van der Waals surface area (Å²) in [6, 6.07) is 16.1. The number of anilines is 2. The van der Waals surface area contributed by atoms with E-state index < -0.39 is 10.0 Å². The van der Waals surface area contributed by atoms with Gasteiger partial charge in [-0.1, -0.05) is 46.3 Å². The molecule has 2 aromatic heterocycles. The second kappa shape index (κ2) is 10.4. The molecule has 0 bridgehead atoms. The van der Waals surface area contributed by atoms with Gasteiger partial charge < -0.3 is 5.32 Å². The van der Waals surface area contributed by atoms with Gasteiger partial charge in [-0.25, -0.2) is 13.4 Å². The van der Waals surface area contributed by atoms with Crippen molar-refractivity contribution < 1.29 is 8.42 Å². The van der Waals surface area contributed by atoms with Gasteiger partial charge in [0.15, 0.2) is 0 Å². The smallest absolute Gasteiger partial charge is 0.263 e. The monoisotopic (exact) mass is 572 g/mol. The molecular formula is C22H17BrN6O2S3. The predicted molar refractivity (Wildman–Crippen MR) is 139 cm³/mol. The van der Waals surface area contributed by atoms with Crippen molar-refractivity contribution >= 4 is 65.0 Å². The largest absolute Gasteiger partial charge is 0.360 e. The number of nitrogens with zero attached hydrogens (tertiary/aromatic N) is 4. The van der Waals surface area contributed by atoms with Gasteiger partial charge in [0, 0.05) is 27.3 Å². The molecule has 0 spiro atoms. The van der Waals surface area contributed by atoms with Gasteiger partial charge in [-0.2, -0.15) is 5.26 Å². The Labute approximate surface area is 213 Å². The maximum Gasteiger partial charge on any atom is 0.263 e. The number of rotatable bonds is 8. The Morgan fingerprint density at radius 3 is 2.53 bits per heavy atom. The highest BCUT2D eigenvalue weighted by Crippen LogP contribution is 2.27. The highest BCUT2D eigenvalue weighted by atomic mass is 79.9. The second-order valence-electron chi connectivity index (χ2n) is 6.84. The third-order valence-electron chi connectivity index (χ3n) is 4.53. The zero-order valence-corrected chi connectivity index (χ0v) is 21.7. The van der Waals surface area contributed by atoms with Crippen LogP contribution in [0.4, 0.5) is 10.8 Å². The summed E-state index contributed by atoms with van der Waals surface area (Å²) in [5.74, 6) is 0. The summed E-state index contributed by atoms with van der Waals surface area (Å²) in [7, 11) is -3.78. The Balaban J connectivity index is 1.45. The number of halogens is 1. The highest BCUT2D eigenvalue weighted by Gasteiger charge is 2.16. The van der Waals surface area contributed by atoms with E-state index in [2.05, 4.69) is 47.2 Å². The van der Waals surface area contributed by atoms with Gasteiger partial charge >= 0.3 is 0 Å². The van der Waals surface area contributed by atoms with Gasteiger partial charge in [0.05, 0.1) is 10.6 Å². The molecule has 0 aliphatic heterocycles. The second-order valence-corrected chi connectivity index (χ2v) is 11.4. The average molecular weight is 574 g/mol. The molecule has 0 saturated carbocycles. The van der Waals surface area contributed by atoms with Crippen molar-refractivity contribution in [1.82, 2.24) is 15.2 Å². The van der Waals surface area contributed by atoms with Crippen LogP contribution in [0.3, 0.4) is 0 Å². The Bertz CT molecular complexity index is 1470. The fourth-order valence-corrected chi connectivity index (χ4v) is 5.76. The molecule has 2 heterocycles. The van der Waals surface area contributed by atoms with E-state index in [4.69, 9.17) is 0 Å². The number of thiazole rings is 1. The maximum absolute atomic E-state index is 12.6. The van der Waals surface area contributed by atoms with E-state index in [1.165, 1.54) is 34.8 Å². The fourth-order valence-electron chi connectivity index (χ4n) is 2.79. The van der Waals surface area contributed by atoms with Gasteiger partial charge in [0.1, 0.15) is 21.7 Å². The van der Waals surface area contributed by atoms with E-state index in [0.717, 1.165) is 20.7 Å². The molecule has 0 aliphatic rings. The number of nitrogens with one attached hydrogen (secondary N) is 2. The van der Waals surface area contributed by atoms with Crippen molar-refractivity contribution in [1.29, 1.82) is 5.26 Å². The van der Waals surface area contributed by atoms with Crippen LogP contribution >= 0.6 is 38.6 Å². The minimum Gasteiger partial charge on any atom is -0.360 e. The minimum absolute atomic E-state index is 0.0925. The molecular weight excluding hydrogens is 556 g/mol. The molecule has 12 heteroatoms. The standard InChI is InChI=1S/C22H17BrN6O2S3/c1-2-20-27-28-22(33-20)29-34(30,31)18-9-7-17(8-10-18)25-12-15(11-24)21-26-19(13-32-21)14-3-5-16(23)6-4-14/h3-10,12-13,25H,2H2,1H3,(H,28,29)/b15-12+. The Morgan fingerprint density at radius 1 is 1.15 bits per heavy atom. The third kappa shape index (κ3) is 5.68. The van der Waals surface area contributed by atoms with Crippen LogP contribution < -0.4 is 10.0 Å². The molecule has 0 fully saturated rings. The lowest BCUT2D eigenvalue weighted by atomic mass is 10.2. The van der Waals surface area contributed by atoms with E-state index in [1.807, 2.05) is 36.6 Å². The van der Waals surface area contributed by atoms with E-state index >= 15 is 0 Å². The maximum atomic E-state index is 12.6. The first kappa shape index (κ1) is 24.0. The van der Waals surface area contributed by atoms with Crippen molar-refractivity contribution in [3.63, 3.8) is 0 Å². The molecule has 4 aromatic rings. The molecule has 2 aromatic carbocycles. The molecule has 0 radical (unpaired) electrons. The lowest BCUT2D eigenvalue weighted by molar-refractivity contribution is 0.601. The van der Waals surface area contributed by atoms with Crippen LogP contribution in [0.25, 0.3) is 16.8 Å². The zero-order valence-electron chi connectivity index (χ0n) is 17.7. The molecule has 8 nitrogen and oxygen atoms in total. The first-order chi connectivity index (χ1) is 16.4. The molecule has 4 rings (SSSR count). The van der Waals surface area contributed by atoms with Crippen LogP contribution in [0.1, 0.15) is 16.9 Å². The first-order valence-corrected chi connectivity index (χ1v) is 13.9. The summed E-state index contributed by atoms with van der Waals surface area (Å²) in [4.78, 5) is 4.65. The number of aromatic nitrogens is 3. The molecule has 0 aliphatic carbocycles. The van der Waals surface area contributed by atoms with Crippen molar-refractivity contribution in [2.75, 3.05) is 10.0 Å². The molecule has 0 unspecified atom stereocenters. The SMILES string of the molecule is CCc1nnc(NS(=O)(=O)c2ccc(N/C=C(\C#N)c3nc(-c4ccc(Br)cc4)cs3)cc2)s1. The van der Waals surface area contributed by atoms with Crippen LogP contribution in [-0.4, -0.2) is 23.6 Å². The van der Waals surface area contributed by atoms with E-state index in [1.54, 1.807) is 18.3 Å². The molecule has 172 valence electrons. The van der Waals surface area contributed by atoms with Gasteiger partial charge in [0.25, 0.3) is 10.0 Å².